The molecular weight excluding hydrogens is 392 g/mol. The maximum absolute atomic E-state index is 12.7. The number of benzene rings is 2. The number of hydrogen-bond acceptors (Lipinski definition) is 4. The maximum Gasteiger partial charge on any atom is 0.275 e. The molecule has 0 bridgehead atoms. The second kappa shape index (κ2) is 9.43. The molecule has 4 rings (SSSR count). The number of para-hydroxylation sites is 1. The molecule has 1 aromatic heterocycles. The van der Waals surface area contributed by atoms with E-state index < -0.39 is 0 Å². The smallest absolute Gasteiger partial charge is 0.275 e. The highest BCUT2D eigenvalue weighted by Gasteiger charge is 2.25. The Morgan fingerprint density at radius 2 is 1.81 bits per heavy atom. The molecule has 2 atom stereocenters. The monoisotopic (exact) mass is 423 g/mol. The van der Waals surface area contributed by atoms with Crippen molar-refractivity contribution in [3.63, 3.8) is 0 Å². The minimum atomic E-state index is -0.172. The number of carbonyl (C=O) groups is 1. The van der Waals surface area contributed by atoms with Crippen molar-refractivity contribution in [1.82, 2.24) is 5.32 Å². The third kappa shape index (κ3) is 4.85. The summed E-state index contributed by atoms with van der Waals surface area (Å²) in [5.74, 6) is 2.40. The first kappa shape index (κ1) is 21.2. The lowest BCUT2D eigenvalue weighted by molar-refractivity contribution is -0.908. The molecule has 0 radical (unpaired) electrons. The molecule has 164 valence electrons. The quantitative estimate of drug-likeness (QED) is 0.585. The Bertz CT molecular complexity index is 1030. The summed E-state index contributed by atoms with van der Waals surface area (Å²) in [6.45, 7) is 9.26. The summed E-state index contributed by atoms with van der Waals surface area (Å²) in [7, 11) is 0. The molecule has 2 aromatic carbocycles. The molecule has 31 heavy (non-hydrogen) atoms. The third-order valence-corrected chi connectivity index (χ3v) is 5.71. The molecule has 0 fully saturated rings. The highest BCUT2D eigenvalue weighted by Crippen LogP contribution is 2.32. The van der Waals surface area contributed by atoms with Gasteiger partial charge in [-0.25, -0.2) is 0 Å². The Morgan fingerprint density at radius 3 is 2.52 bits per heavy atom. The fourth-order valence-electron chi connectivity index (χ4n) is 4.20. The Hall–Kier alpha value is -2.99. The highest BCUT2D eigenvalue weighted by molar-refractivity contribution is 5.79. The number of furan rings is 1. The van der Waals surface area contributed by atoms with Gasteiger partial charge in [0.1, 0.15) is 17.9 Å². The van der Waals surface area contributed by atoms with Crippen molar-refractivity contribution < 1.29 is 23.6 Å². The first-order valence-corrected chi connectivity index (χ1v) is 11.1. The molecule has 0 aliphatic carbocycles. The molecule has 3 aromatic rings. The van der Waals surface area contributed by atoms with Crippen LogP contribution in [0.4, 0.5) is 0 Å². The van der Waals surface area contributed by atoms with E-state index in [0.29, 0.717) is 19.8 Å². The molecule has 0 saturated heterocycles. The SMILES string of the molecule is CCOc1cc2c(cc1OCC)C[NH+](CC(=O)N[C@H](C)c1cc3ccccc3o1)CC2. The molecule has 1 aliphatic rings. The molecule has 1 unspecified atom stereocenters. The van der Waals surface area contributed by atoms with Crippen LogP contribution in [0.2, 0.25) is 0 Å². The van der Waals surface area contributed by atoms with Gasteiger partial charge in [0, 0.05) is 17.4 Å². The lowest BCUT2D eigenvalue weighted by Crippen LogP contribution is -3.12. The van der Waals surface area contributed by atoms with E-state index in [0.717, 1.165) is 47.7 Å². The van der Waals surface area contributed by atoms with Gasteiger partial charge in [0.05, 0.1) is 25.8 Å². The first-order valence-electron chi connectivity index (χ1n) is 11.1. The van der Waals surface area contributed by atoms with Gasteiger partial charge in [-0.1, -0.05) is 18.2 Å². The Kier molecular flexibility index (Phi) is 6.47. The van der Waals surface area contributed by atoms with Gasteiger partial charge in [-0.3, -0.25) is 4.79 Å². The normalized spacial score (nSPS) is 16.5. The van der Waals surface area contributed by atoms with Crippen LogP contribution in [-0.2, 0) is 17.8 Å². The second-order valence-corrected chi connectivity index (χ2v) is 8.01. The van der Waals surface area contributed by atoms with Gasteiger partial charge in [-0.05, 0) is 50.6 Å². The van der Waals surface area contributed by atoms with E-state index in [-0.39, 0.29) is 11.9 Å². The number of fused-ring (bicyclic) bond motifs is 2. The van der Waals surface area contributed by atoms with E-state index in [1.807, 2.05) is 51.1 Å². The summed E-state index contributed by atoms with van der Waals surface area (Å²) < 4.78 is 17.4. The van der Waals surface area contributed by atoms with Crippen molar-refractivity contribution in [3.05, 3.63) is 59.4 Å². The summed E-state index contributed by atoms with van der Waals surface area (Å²) in [5.41, 5.74) is 3.35. The van der Waals surface area contributed by atoms with E-state index in [1.165, 1.54) is 16.0 Å². The number of rotatable bonds is 8. The molecule has 0 saturated carbocycles. The number of carbonyl (C=O) groups excluding carboxylic acids is 1. The van der Waals surface area contributed by atoms with Crippen LogP contribution in [0, 0.1) is 0 Å². The number of quaternary nitrogens is 1. The predicted octanol–water partition coefficient (Wildman–Crippen LogP) is 3.05. The molecule has 1 aliphatic heterocycles. The fraction of sp³-hybridized carbons (Fsp3) is 0.400. The molecule has 6 heteroatoms. The van der Waals surface area contributed by atoms with Crippen LogP contribution in [0.15, 0.2) is 46.9 Å². The van der Waals surface area contributed by atoms with Gasteiger partial charge in [0.2, 0.25) is 0 Å². The Morgan fingerprint density at radius 1 is 1.10 bits per heavy atom. The van der Waals surface area contributed by atoms with Crippen LogP contribution in [0.1, 0.15) is 43.7 Å². The van der Waals surface area contributed by atoms with E-state index >= 15 is 0 Å². The lowest BCUT2D eigenvalue weighted by atomic mass is 9.98. The van der Waals surface area contributed by atoms with Gasteiger partial charge in [-0.15, -0.1) is 0 Å². The average Bonchev–Trinajstić information content (AvgIpc) is 3.19. The minimum absolute atomic E-state index is 0.0300. The summed E-state index contributed by atoms with van der Waals surface area (Å²) in [4.78, 5) is 14.0. The number of ether oxygens (including phenoxy) is 2. The molecule has 2 heterocycles. The summed E-state index contributed by atoms with van der Waals surface area (Å²) in [6.07, 6.45) is 0.920. The van der Waals surface area contributed by atoms with Crippen molar-refractivity contribution in [2.24, 2.45) is 0 Å². The molecule has 1 amide bonds. The summed E-state index contributed by atoms with van der Waals surface area (Å²) in [6, 6.07) is 13.9. The first-order chi connectivity index (χ1) is 15.1. The van der Waals surface area contributed by atoms with E-state index in [2.05, 4.69) is 17.4 Å². The van der Waals surface area contributed by atoms with Crippen LogP contribution < -0.4 is 19.7 Å². The largest absolute Gasteiger partial charge is 0.490 e. The zero-order valence-electron chi connectivity index (χ0n) is 18.5. The van der Waals surface area contributed by atoms with E-state index in [9.17, 15) is 4.79 Å². The van der Waals surface area contributed by atoms with Gasteiger partial charge in [-0.2, -0.15) is 0 Å². The molecular formula is C25H31N2O4+. The van der Waals surface area contributed by atoms with Crippen molar-refractivity contribution in [2.75, 3.05) is 26.3 Å². The predicted molar refractivity (Wildman–Crippen MR) is 120 cm³/mol. The van der Waals surface area contributed by atoms with E-state index in [1.54, 1.807) is 0 Å². The van der Waals surface area contributed by atoms with Crippen LogP contribution in [0.25, 0.3) is 11.0 Å². The topological polar surface area (TPSA) is 65.1 Å². The number of hydrogen-bond donors (Lipinski definition) is 2. The van der Waals surface area contributed by atoms with Crippen molar-refractivity contribution in [2.45, 2.75) is 39.8 Å². The zero-order valence-corrected chi connectivity index (χ0v) is 18.5. The number of amides is 1. The standard InChI is InChI=1S/C25H30N2O4/c1-4-29-23-12-18-10-11-27(15-20(18)14-24(23)30-5-2)16-25(28)26-17(3)22-13-19-8-6-7-9-21(19)31-22/h6-9,12-14,17H,4-5,10-11,15-16H2,1-3H3,(H,26,28)/p+1/t17-/m1/s1. The summed E-state index contributed by atoms with van der Waals surface area (Å²) in [5, 5.41) is 4.14. The minimum Gasteiger partial charge on any atom is -0.490 e. The van der Waals surface area contributed by atoms with Gasteiger partial charge in [0.15, 0.2) is 18.0 Å². The molecule has 0 spiro atoms. The van der Waals surface area contributed by atoms with Crippen molar-refractivity contribution in [3.8, 4) is 11.5 Å². The van der Waals surface area contributed by atoms with Crippen LogP contribution in [0.5, 0.6) is 11.5 Å². The maximum atomic E-state index is 12.7. The zero-order chi connectivity index (χ0) is 21.8. The third-order valence-electron chi connectivity index (χ3n) is 5.71. The molecule has 2 N–H and O–H groups in total. The fourth-order valence-corrected chi connectivity index (χ4v) is 4.20. The van der Waals surface area contributed by atoms with Crippen LogP contribution in [0.3, 0.4) is 0 Å². The Balaban J connectivity index is 1.39. The van der Waals surface area contributed by atoms with Gasteiger partial charge < -0.3 is 24.1 Å². The van der Waals surface area contributed by atoms with Gasteiger partial charge in [0.25, 0.3) is 5.91 Å². The Labute approximate surface area is 183 Å². The van der Waals surface area contributed by atoms with E-state index in [4.69, 9.17) is 13.9 Å². The lowest BCUT2D eigenvalue weighted by Gasteiger charge is -2.27. The van der Waals surface area contributed by atoms with Crippen molar-refractivity contribution in [1.29, 1.82) is 0 Å². The average molecular weight is 424 g/mol. The van der Waals surface area contributed by atoms with Crippen LogP contribution in [-0.4, -0.2) is 32.2 Å². The second-order valence-electron chi connectivity index (χ2n) is 8.01. The van der Waals surface area contributed by atoms with Gasteiger partial charge >= 0.3 is 0 Å². The summed E-state index contributed by atoms with van der Waals surface area (Å²) >= 11 is 0. The van der Waals surface area contributed by atoms with Crippen LogP contribution >= 0.6 is 0 Å². The number of nitrogens with one attached hydrogen (secondary N) is 2. The highest BCUT2D eigenvalue weighted by atomic mass is 16.5. The molecule has 6 nitrogen and oxygen atoms in total. The van der Waals surface area contributed by atoms with Crippen molar-refractivity contribution >= 4 is 16.9 Å².